The van der Waals surface area contributed by atoms with E-state index in [9.17, 15) is 9.59 Å². The summed E-state index contributed by atoms with van der Waals surface area (Å²) in [5.41, 5.74) is 1.02. The van der Waals surface area contributed by atoms with E-state index in [0.717, 1.165) is 42.8 Å². The molecule has 1 aromatic rings. The molecule has 1 atom stereocenters. The molecular weight excluding hydrogens is 330 g/mol. The van der Waals surface area contributed by atoms with E-state index in [1.54, 1.807) is 28.0 Å². The molecule has 0 bridgehead atoms. The smallest absolute Gasteiger partial charge is 0.243 e. The van der Waals surface area contributed by atoms with Gasteiger partial charge >= 0.3 is 0 Å². The maximum atomic E-state index is 12.6. The summed E-state index contributed by atoms with van der Waals surface area (Å²) in [5.74, 6) is 1.66. The number of hydrogen-bond donors (Lipinski definition) is 1. The maximum Gasteiger partial charge on any atom is 0.243 e. The molecule has 0 radical (unpaired) electrons. The number of nitrogens with zero attached hydrogens (tertiary/aromatic N) is 2. The van der Waals surface area contributed by atoms with Gasteiger partial charge in [-0.25, -0.2) is 4.98 Å². The van der Waals surface area contributed by atoms with Crippen molar-refractivity contribution in [3.05, 3.63) is 16.1 Å². The molecule has 1 saturated heterocycles. The van der Waals surface area contributed by atoms with Gasteiger partial charge in [0.1, 0.15) is 6.04 Å². The molecule has 0 aromatic carbocycles. The number of aryl methyl sites for hydroxylation is 1. The fourth-order valence-electron chi connectivity index (χ4n) is 3.24. The van der Waals surface area contributed by atoms with E-state index < -0.39 is 0 Å². The van der Waals surface area contributed by atoms with Crippen LogP contribution < -0.4 is 5.32 Å². The molecule has 23 heavy (non-hydrogen) atoms. The summed E-state index contributed by atoms with van der Waals surface area (Å²) in [5, 5.41) is 6.05. The quantitative estimate of drug-likeness (QED) is 0.881. The van der Waals surface area contributed by atoms with Crippen molar-refractivity contribution in [3.63, 3.8) is 0 Å². The Labute approximate surface area is 145 Å². The maximum absolute atomic E-state index is 12.6. The first-order valence-corrected chi connectivity index (χ1v) is 10.3. The Bertz CT molecular complexity index is 569. The SMILES string of the molecule is Cc1nc(CCNC(=O)C2CSCN2C(=O)C2CCCC2)cs1. The molecule has 2 fully saturated rings. The van der Waals surface area contributed by atoms with Gasteiger partial charge in [-0.05, 0) is 19.8 Å². The number of carbonyl (C=O) groups excluding carboxylic acids is 2. The fraction of sp³-hybridized carbons (Fsp3) is 0.688. The molecular formula is C16H23N3O2S2. The minimum absolute atomic E-state index is 0.0201. The highest BCUT2D eigenvalue weighted by molar-refractivity contribution is 7.99. The zero-order chi connectivity index (χ0) is 16.2. The van der Waals surface area contributed by atoms with Gasteiger partial charge in [0, 0.05) is 30.0 Å². The van der Waals surface area contributed by atoms with E-state index in [4.69, 9.17) is 0 Å². The summed E-state index contributed by atoms with van der Waals surface area (Å²) >= 11 is 3.30. The van der Waals surface area contributed by atoms with Gasteiger partial charge in [0.25, 0.3) is 0 Å². The molecule has 3 rings (SSSR count). The molecule has 2 aliphatic rings. The van der Waals surface area contributed by atoms with Crippen LogP contribution in [0.25, 0.3) is 0 Å². The Morgan fingerprint density at radius 3 is 2.87 bits per heavy atom. The van der Waals surface area contributed by atoms with Crippen LogP contribution in [0.3, 0.4) is 0 Å². The van der Waals surface area contributed by atoms with Gasteiger partial charge in [-0.1, -0.05) is 12.8 Å². The van der Waals surface area contributed by atoms with Crippen molar-refractivity contribution in [2.24, 2.45) is 5.92 Å². The summed E-state index contributed by atoms with van der Waals surface area (Å²) in [6, 6.07) is -0.301. The van der Waals surface area contributed by atoms with Crippen molar-refractivity contribution in [1.82, 2.24) is 15.2 Å². The van der Waals surface area contributed by atoms with Crippen molar-refractivity contribution < 1.29 is 9.59 Å². The highest BCUT2D eigenvalue weighted by Crippen LogP contribution is 2.30. The Balaban J connectivity index is 1.50. The number of thioether (sulfide) groups is 1. The number of thiazole rings is 1. The molecule has 0 spiro atoms. The Kier molecular flexibility index (Phi) is 5.58. The van der Waals surface area contributed by atoms with E-state index in [-0.39, 0.29) is 23.8 Å². The third-order valence-corrected chi connectivity index (χ3v) is 6.35. The lowest BCUT2D eigenvalue weighted by Crippen LogP contribution is -2.49. The number of nitrogens with one attached hydrogen (secondary N) is 1. The average molecular weight is 354 g/mol. The second-order valence-electron chi connectivity index (χ2n) is 6.20. The standard InChI is InChI=1S/C16H23N3O2S2/c1-11-18-13(8-23-11)6-7-17-15(20)14-9-22-10-19(14)16(21)12-4-2-3-5-12/h8,12,14H,2-7,9-10H2,1H3,(H,17,20). The number of aromatic nitrogens is 1. The van der Waals surface area contributed by atoms with Crippen LogP contribution in [0, 0.1) is 12.8 Å². The van der Waals surface area contributed by atoms with Crippen LogP contribution in [0.1, 0.15) is 36.4 Å². The summed E-state index contributed by atoms with van der Waals surface area (Å²) in [7, 11) is 0. The van der Waals surface area contributed by atoms with Crippen LogP contribution >= 0.6 is 23.1 Å². The number of rotatable bonds is 5. The first-order valence-electron chi connectivity index (χ1n) is 8.22. The Hall–Kier alpha value is -1.08. The first kappa shape index (κ1) is 16.8. The topological polar surface area (TPSA) is 62.3 Å². The molecule has 126 valence electrons. The van der Waals surface area contributed by atoms with E-state index in [1.807, 2.05) is 12.3 Å². The van der Waals surface area contributed by atoms with Crippen molar-refractivity contribution in [1.29, 1.82) is 0 Å². The van der Waals surface area contributed by atoms with Gasteiger partial charge in [0.2, 0.25) is 11.8 Å². The van der Waals surface area contributed by atoms with Gasteiger partial charge < -0.3 is 10.2 Å². The van der Waals surface area contributed by atoms with Crippen LogP contribution in [-0.2, 0) is 16.0 Å². The molecule has 2 heterocycles. The van der Waals surface area contributed by atoms with Crippen LogP contribution in [0.15, 0.2) is 5.38 Å². The van der Waals surface area contributed by atoms with Gasteiger partial charge in [0.05, 0.1) is 16.6 Å². The molecule has 1 aliphatic carbocycles. The van der Waals surface area contributed by atoms with Crippen molar-refractivity contribution in [2.75, 3.05) is 18.2 Å². The molecule has 1 aromatic heterocycles. The third kappa shape index (κ3) is 4.07. The largest absolute Gasteiger partial charge is 0.354 e. The highest BCUT2D eigenvalue weighted by atomic mass is 32.2. The molecule has 1 unspecified atom stereocenters. The Morgan fingerprint density at radius 2 is 2.17 bits per heavy atom. The first-order chi connectivity index (χ1) is 11.1. The van der Waals surface area contributed by atoms with Crippen LogP contribution in [0.4, 0.5) is 0 Å². The highest BCUT2D eigenvalue weighted by Gasteiger charge is 2.38. The molecule has 1 aliphatic heterocycles. The van der Waals surface area contributed by atoms with Crippen LogP contribution in [0.2, 0.25) is 0 Å². The van der Waals surface area contributed by atoms with Gasteiger partial charge in [-0.3, -0.25) is 9.59 Å². The predicted molar refractivity (Wildman–Crippen MR) is 93.5 cm³/mol. The van der Waals surface area contributed by atoms with Crippen molar-refractivity contribution in [2.45, 2.75) is 45.1 Å². The Morgan fingerprint density at radius 1 is 1.39 bits per heavy atom. The summed E-state index contributed by atoms with van der Waals surface area (Å²) in [6.45, 7) is 2.56. The summed E-state index contributed by atoms with van der Waals surface area (Å²) < 4.78 is 0. The second kappa shape index (κ2) is 7.66. The van der Waals surface area contributed by atoms with Crippen LogP contribution in [-0.4, -0.2) is 45.9 Å². The van der Waals surface area contributed by atoms with Gasteiger partial charge in [-0.2, -0.15) is 0 Å². The number of carbonyl (C=O) groups is 2. The molecule has 1 N–H and O–H groups in total. The summed E-state index contributed by atoms with van der Waals surface area (Å²) in [6.07, 6.45) is 4.99. The molecule has 7 heteroatoms. The zero-order valence-corrected chi connectivity index (χ0v) is 15.0. The van der Waals surface area contributed by atoms with Gasteiger partial charge in [0.15, 0.2) is 0 Å². The zero-order valence-electron chi connectivity index (χ0n) is 13.4. The fourth-order valence-corrected chi connectivity index (χ4v) is 5.05. The lowest BCUT2D eigenvalue weighted by Gasteiger charge is -2.25. The summed E-state index contributed by atoms with van der Waals surface area (Å²) in [4.78, 5) is 31.2. The lowest BCUT2D eigenvalue weighted by atomic mass is 10.1. The lowest BCUT2D eigenvalue weighted by molar-refractivity contribution is -0.141. The second-order valence-corrected chi connectivity index (χ2v) is 8.27. The minimum atomic E-state index is -0.301. The number of hydrogen-bond acceptors (Lipinski definition) is 5. The predicted octanol–water partition coefficient (Wildman–Crippen LogP) is 2.20. The van der Waals surface area contributed by atoms with E-state index >= 15 is 0 Å². The minimum Gasteiger partial charge on any atom is -0.354 e. The molecule has 1 saturated carbocycles. The van der Waals surface area contributed by atoms with E-state index in [0.29, 0.717) is 18.2 Å². The van der Waals surface area contributed by atoms with Gasteiger partial charge in [-0.15, -0.1) is 23.1 Å². The van der Waals surface area contributed by atoms with E-state index in [1.165, 1.54) is 0 Å². The third-order valence-electron chi connectivity index (χ3n) is 4.52. The molecule has 5 nitrogen and oxygen atoms in total. The average Bonchev–Trinajstić information content (AvgIpc) is 3.28. The van der Waals surface area contributed by atoms with Crippen LogP contribution in [0.5, 0.6) is 0 Å². The van der Waals surface area contributed by atoms with Crippen molar-refractivity contribution in [3.8, 4) is 0 Å². The normalized spacial score (nSPS) is 21.8. The van der Waals surface area contributed by atoms with Crippen molar-refractivity contribution >= 4 is 34.9 Å². The number of amides is 2. The van der Waals surface area contributed by atoms with E-state index in [2.05, 4.69) is 10.3 Å². The monoisotopic (exact) mass is 353 g/mol. The molecule has 2 amide bonds.